The molecule has 8 heteroatoms. The van der Waals surface area contributed by atoms with Crippen LogP contribution in [0.15, 0.2) is 22.9 Å². The van der Waals surface area contributed by atoms with E-state index in [-0.39, 0.29) is 24.0 Å². The summed E-state index contributed by atoms with van der Waals surface area (Å²) in [7, 11) is 3.17. The van der Waals surface area contributed by atoms with Crippen molar-refractivity contribution in [1.82, 2.24) is 4.90 Å². The Labute approximate surface area is 141 Å². The molecule has 0 aliphatic rings. The van der Waals surface area contributed by atoms with Crippen LogP contribution in [-0.2, 0) is 14.3 Å². The number of amides is 2. The van der Waals surface area contributed by atoms with E-state index in [1.165, 1.54) is 34.5 Å². The number of anilines is 1. The lowest BCUT2D eigenvalue weighted by Gasteiger charge is -2.11. The number of carbonyl (C=O) groups is 3. The van der Waals surface area contributed by atoms with E-state index in [0.29, 0.717) is 10.6 Å². The van der Waals surface area contributed by atoms with E-state index in [0.717, 1.165) is 4.88 Å². The topological polar surface area (TPSA) is 75.7 Å². The summed E-state index contributed by atoms with van der Waals surface area (Å²) in [5, 5.41) is 6.75. The summed E-state index contributed by atoms with van der Waals surface area (Å²) >= 11 is 2.73. The molecule has 0 atom stereocenters. The molecule has 2 aromatic heterocycles. The van der Waals surface area contributed by atoms with Crippen molar-refractivity contribution in [1.29, 1.82) is 0 Å². The summed E-state index contributed by atoms with van der Waals surface area (Å²) in [6, 6.07) is 3.76. The van der Waals surface area contributed by atoms with Gasteiger partial charge >= 0.3 is 5.97 Å². The van der Waals surface area contributed by atoms with Gasteiger partial charge in [-0.1, -0.05) is 6.07 Å². The number of nitrogens with one attached hydrogen (secondary N) is 1. The number of rotatable bonds is 5. The van der Waals surface area contributed by atoms with Crippen molar-refractivity contribution in [2.75, 3.05) is 26.0 Å². The lowest BCUT2D eigenvalue weighted by molar-refractivity contribution is -0.132. The fourth-order valence-electron chi connectivity index (χ4n) is 1.75. The lowest BCUT2D eigenvalue weighted by atomic mass is 10.1. The molecule has 0 radical (unpaired) electrons. The molecular formula is C15H16N2O4S2. The van der Waals surface area contributed by atoms with E-state index >= 15 is 0 Å². The molecule has 0 saturated heterocycles. The zero-order valence-corrected chi connectivity index (χ0v) is 14.5. The van der Waals surface area contributed by atoms with Crippen molar-refractivity contribution in [3.05, 3.63) is 28.5 Å². The van der Waals surface area contributed by atoms with Crippen molar-refractivity contribution in [3.8, 4) is 10.4 Å². The molecule has 1 N–H and O–H groups in total. The molecule has 2 amide bonds. The van der Waals surface area contributed by atoms with Crippen LogP contribution in [0.3, 0.4) is 0 Å². The number of ether oxygens (including phenoxy) is 1. The van der Waals surface area contributed by atoms with Gasteiger partial charge in [0.2, 0.25) is 5.91 Å². The highest BCUT2D eigenvalue weighted by Crippen LogP contribution is 2.38. The van der Waals surface area contributed by atoms with Gasteiger partial charge in [0, 0.05) is 36.8 Å². The highest BCUT2D eigenvalue weighted by atomic mass is 32.1. The van der Waals surface area contributed by atoms with Crippen molar-refractivity contribution < 1.29 is 19.1 Å². The number of hydrogen-bond donors (Lipinski definition) is 1. The van der Waals surface area contributed by atoms with Crippen LogP contribution in [0.2, 0.25) is 0 Å². The summed E-state index contributed by atoms with van der Waals surface area (Å²) in [5.74, 6) is -1.22. The average Bonchev–Trinajstić information content (AvgIpc) is 3.12. The van der Waals surface area contributed by atoms with Gasteiger partial charge in [0.25, 0.3) is 5.91 Å². The Hall–Kier alpha value is -2.19. The first kappa shape index (κ1) is 17.2. The number of carbonyl (C=O) groups excluding carboxylic acids is 3. The third kappa shape index (κ3) is 4.17. The first-order valence-corrected chi connectivity index (χ1v) is 8.46. The Balaban J connectivity index is 2.30. The zero-order valence-electron chi connectivity index (χ0n) is 12.9. The van der Waals surface area contributed by atoms with Crippen LogP contribution in [0.25, 0.3) is 10.4 Å². The smallest absolute Gasteiger partial charge is 0.342 e. The summed E-state index contributed by atoms with van der Waals surface area (Å²) in [6.45, 7) is 1.03. The highest BCUT2D eigenvalue weighted by molar-refractivity contribution is 7.17. The second-order valence-electron chi connectivity index (χ2n) is 4.88. The van der Waals surface area contributed by atoms with E-state index in [1.54, 1.807) is 19.5 Å². The maximum Gasteiger partial charge on any atom is 0.342 e. The predicted molar refractivity (Wildman–Crippen MR) is 90.9 cm³/mol. The summed E-state index contributed by atoms with van der Waals surface area (Å²) in [4.78, 5) is 37.6. The lowest BCUT2D eigenvalue weighted by Crippen LogP contribution is -2.27. The minimum absolute atomic E-state index is 0.275. The maximum atomic E-state index is 12.4. The van der Waals surface area contributed by atoms with Gasteiger partial charge in [0.1, 0.15) is 10.6 Å². The van der Waals surface area contributed by atoms with Gasteiger partial charge < -0.3 is 15.0 Å². The van der Waals surface area contributed by atoms with E-state index in [2.05, 4.69) is 5.32 Å². The van der Waals surface area contributed by atoms with Crippen LogP contribution in [0.4, 0.5) is 5.00 Å². The molecule has 2 rings (SSSR count). The number of esters is 1. The molecule has 2 heterocycles. The van der Waals surface area contributed by atoms with Gasteiger partial charge in [-0.05, 0) is 11.4 Å². The first-order chi connectivity index (χ1) is 10.9. The summed E-state index contributed by atoms with van der Waals surface area (Å²) in [6.07, 6.45) is 0. The molecule has 0 aromatic carbocycles. The summed E-state index contributed by atoms with van der Waals surface area (Å²) in [5.41, 5.74) is 0.968. The molecule has 0 saturated carbocycles. The van der Waals surface area contributed by atoms with Crippen LogP contribution in [-0.4, -0.2) is 43.4 Å². The molecule has 0 aliphatic carbocycles. The maximum absolute atomic E-state index is 12.4. The largest absolute Gasteiger partial charge is 0.452 e. The Bertz CT molecular complexity index is 720. The molecule has 6 nitrogen and oxygen atoms in total. The fraction of sp³-hybridized carbons (Fsp3) is 0.267. The van der Waals surface area contributed by atoms with Gasteiger partial charge in [0.05, 0.1) is 0 Å². The average molecular weight is 352 g/mol. The molecule has 122 valence electrons. The molecule has 0 fully saturated rings. The van der Waals surface area contributed by atoms with Crippen molar-refractivity contribution in [2.45, 2.75) is 6.92 Å². The molecule has 23 heavy (non-hydrogen) atoms. The van der Waals surface area contributed by atoms with Crippen molar-refractivity contribution >= 4 is 45.5 Å². The van der Waals surface area contributed by atoms with Crippen molar-refractivity contribution in [2.24, 2.45) is 0 Å². The third-order valence-electron chi connectivity index (χ3n) is 2.90. The highest BCUT2D eigenvalue weighted by Gasteiger charge is 2.23. The van der Waals surface area contributed by atoms with Crippen LogP contribution < -0.4 is 5.32 Å². The Morgan fingerprint density at radius 2 is 2.00 bits per heavy atom. The molecule has 0 unspecified atom stereocenters. The minimum atomic E-state index is -0.631. The Morgan fingerprint density at radius 3 is 2.57 bits per heavy atom. The van der Waals surface area contributed by atoms with Gasteiger partial charge in [-0.3, -0.25) is 9.59 Å². The van der Waals surface area contributed by atoms with E-state index in [1.807, 2.05) is 17.5 Å². The standard InChI is InChI=1S/C15H16N2O4S2/c1-9(18)16-14-13(15(20)21-7-12(19)17(2)3)10(8-23-14)11-5-4-6-22-11/h4-6,8H,7H2,1-3H3,(H,16,18). The Morgan fingerprint density at radius 1 is 1.26 bits per heavy atom. The third-order valence-corrected chi connectivity index (χ3v) is 4.70. The fourth-order valence-corrected chi connectivity index (χ4v) is 3.57. The first-order valence-electron chi connectivity index (χ1n) is 6.70. The Kier molecular flexibility index (Phi) is 5.51. The molecule has 0 aliphatic heterocycles. The van der Waals surface area contributed by atoms with Crippen LogP contribution in [0.1, 0.15) is 17.3 Å². The van der Waals surface area contributed by atoms with Crippen LogP contribution in [0, 0.1) is 0 Å². The normalized spacial score (nSPS) is 10.2. The second kappa shape index (κ2) is 7.38. The predicted octanol–water partition coefficient (Wildman–Crippen LogP) is 2.68. The van der Waals surface area contributed by atoms with Gasteiger partial charge in [0.15, 0.2) is 6.61 Å². The number of hydrogen-bond acceptors (Lipinski definition) is 6. The van der Waals surface area contributed by atoms with Gasteiger partial charge in [-0.25, -0.2) is 4.79 Å². The van der Waals surface area contributed by atoms with Crippen LogP contribution >= 0.6 is 22.7 Å². The molecular weight excluding hydrogens is 336 g/mol. The molecule has 2 aromatic rings. The number of nitrogens with zero attached hydrogens (tertiary/aromatic N) is 1. The van der Waals surface area contributed by atoms with E-state index in [9.17, 15) is 14.4 Å². The number of thiophene rings is 2. The second-order valence-corrected chi connectivity index (χ2v) is 6.70. The van der Waals surface area contributed by atoms with Gasteiger partial charge in [-0.2, -0.15) is 0 Å². The zero-order chi connectivity index (χ0) is 17.0. The minimum Gasteiger partial charge on any atom is -0.452 e. The quantitative estimate of drug-likeness (QED) is 0.840. The van der Waals surface area contributed by atoms with E-state index < -0.39 is 5.97 Å². The SMILES string of the molecule is CC(=O)Nc1scc(-c2cccs2)c1C(=O)OCC(=O)N(C)C. The monoisotopic (exact) mass is 352 g/mol. The number of likely N-dealkylation sites (N-methyl/N-ethyl adjacent to an activating group) is 1. The van der Waals surface area contributed by atoms with E-state index in [4.69, 9.17) is 4.74 Å². The van der Waals surface area contributed by atoms with Gasteiger partial charge in [-0.15, -0.1) is 22.7 Å². The summed E-state index contributed by atoms with van der Waals surface area (Å²) < 4.78 is 5.10. The molecule has 0 spiro atoms. The van der Waals surface area contributed by atoms with Crippen LogP contribution in [0.5, 0.6) is 0 Å². The molecule has 0 bridgehead atoms. The van der Waals surface area contributed by atoms with Crippen molar-refractivity contribution in [3.63, 3.8) is 0 Å².